The van der Waals surface area contributed by atoms with Crippen LogP contribution in [-0.4, -0.2) is 12.6 Å². The van der Waals surface area contributed by atoms with Crippen molar-refractivity contribution in [2.45, 2.75) is 194 Å². The molecule has 0 aromatic rings. The SMILES string of the molecule is CCCCCCCCCCCCCCCCCCC(=O)OCCCCCCCCCCCCC. The number of ether oxygens (including phenoxy) is 1. The van der Waals surface area contributed by atoms with E-state index in [9.17, 15) is 4.79 Å². The lowest BCUT2D eigenvalue weighted by molar-refractivity contribution is -0.143. The van der Waals surface area contributed by atoms with Crippen LogP contribution in [0.1, 0.15) is 194 Å². The number of rotatable bonds is 29. The van der Waals surface area contributed by atoms with Crippen molar-refractivity contribution in [3.8, 4) is 0 Å². The zero-order valence-corrected chi connectivity index (χ0v) is 23.8. The van der Waals surface area contributed by atoms with Crippen molar-refractivity contribution in [2.24, 2.45) is 0 Å². The first-order chi connectivity index (χ1) is 16.8. The molecule has 0 N–H and O–H groups in total. The Balaban J connectivity index is 3.13. The predicted octanol–water partition coefficient (Wildman–Crippen LogP) is 11.5. The maximum absolute atomic E-state index is 11.9. The van der Waals surface area contributed by atoms with Gasteiger partial charge in [-0.05, 0) is 12.8 Å². The summed E-state index contributed by atoms with van der Waals surface area (Å²) in [6.07, 6.45) is 37.2. The third-order valence-corrected chi connectivity index (χ3v) is 7.25. The molecule has 0 amide bonds. The smallest absolute Gasteiger partial charge is 0.305 e. The zero-order chi connectivity index (χ0) is 24.8. The van der Waals surface area contributed by atoms with E-state index in [0.717, 1.165) is 12.8 Å². The van der Waals surface area contributed by atoms with Gasteiger partial charge in [0, 0.05) is 6.42 Å². The second kappa shape index (κ2) is 30.5. The molecule has 2 heteroatoms. The highest BCUT2D eigenvalue weighted by atomic mass is 16.5. The van der Waals surface area contributed by atoms with E-state index in [1.54, 1.807) is 0 Å². The van der Waals surface area contributed by atoms with Crippen LogP contribution in [0.25, 0.3) is 0 Å². The van der Waals surface area contributed by atoms with Gasteiger partial charge in [0.2, 0.25) is 0 Å². The molecule has 0 atom stereocenters. The van der Waals surface area contributed by atoms with Crippen LogP contribution in [0, 0.1) is 0 Å². The maximum Gasteiger partial charge on any atom is 0.305 e. The van der Waals surface area contributed by atoms with Gasteiger partial charge in [0.15, 0.2) is 0 Å². The van der Waals surface area contributed by atoms with Crippen LogP contribution >= 0.6 is 0 Å². The molecule has 0 aromatic heterocycles. The quantitative estimate of drug-likeness (QED) is 0.0785. The molecule has 2 nitrogen and oxygen atoms in total. The molecule has 0 saturated carbocycles. The Kier molecular flexibility index (Phi) is 30.0. The second-order valence-electron chi connectivity index (χ2n) is 10.8. The Labute approximate surface area is 215 Å². The van der Waals surface area contributed by atoms with Crippen molar-refractivity contribution in [2.75, 3.05) is 6.61 Å². The van der Waals surface area contributed by atoms with Crippen LogP contribution in [0.4, 0.5) is 0 Å². The first-order valence-electron chi connectivity index (χ1n) is 16.0. The molecule has 0 heterocycles. The van der Waals surface area contributed by atoms with Gasteiger partial charge in [-0.25, -0.2) is 0 Å². The Morgan fingerprint density at radius 1 is 0.382 bits per heavy atom. The van der Waals surface area contributed by atoms with Gasteiger partial charge < -0.3 is 4.74 Å². The van der Waals surface area contributed by atoms with E-state index in [4.69, 9.17) is 4.74 Å². The lowest BCUT2D eigenvalue weighted by atomic mass is 10.0. The molecule has 0 aromatic carbocycles. The molecular weight excluding hydrogens is 416 g/mol. The van der Waals surface area contributed by atoms with Crippen LogP contribution in [0.3, 0.4) is 0 Å². The molecule has 0 rings (SSSR count). The molecule has 0 spiro atoms. The maximum atomic E-state index is 11.9. The number of hydrogen-bond donors (Lipinski definition) is 0. The number of esters is 1. The van der Waals surface area contributed by atoms with Gasteiger partial charge in [0.1, 0.15) is 0 Å². The fourth-order valence-electron chi connectivity index (χ4n) is 4.84. The summed E-state index contributed by atoms with van der Waals surface area (Å²) in [5.41, 5.74) is 0. The van der Waals surface area contributed by atoms with Crippen molar-refractivity contribution >= 4 is 5.97 Å². The summed E-state index contributed by atoms with van der Waals surface area (Å²) >= 11 is 0. The van der Waals surface area contributed by atoms with Crippen molar-refractivity contribution < 1.29 is 9.53 Å². The fraction of sp³-hybridized carbons (Fsp3) is 0.969. The van der Waals surface area contributed by atoms with Crippen molar-refractivity contribution in [3.63, 3.8) is 0 Å². The Morgan fingerprint density at radius 3 is 0.971 bits per heavy atom. The van der Waals surface area contributed by atoms with E-state index >= 15 is 0 Å². The van der Waals surface area contributed by atoms with E-state index in [1.165, 1.54) is 161 Å². The Morgan fingerprint density at radius 2 is 0.647 bits per heavy atom. The van der Waals surface area contributed by atoms with Crippen molar-refractivity contribution in [1.82, 2.24) is 0 Å². The molecule has 0 saturated heterocycles. The molecule has 204 valence electrons. The Bertz CT molecular complexity index is 379. The second-order valence-corrected chi connectivity index (χ2v) is 10.8. The summed E-state index contributed by atoms with van der Waals surface area (Å²) in [6.45, 7) is 5.20. The van der Waals surface area contributed by atoms with E-state index in [-0.39, 0.29) is 5.97 Å². The highest BCUT2D eigenvalue weighted by molar-refractivity contribution is 5.69. The average molecular weight is 481 g/mol. The minimum absolute atomic E-state index is 0.0254. The monoisotopic (exact) mass is 480 g/mol. The topological polar surface area (TPSA) is 26.3 Å². The molecule has 0 fully saturated rings. The average Bonchev–Trinajstić information content (AvgIpc) is 2.84. The number of hydrogen-bond acceptors (Lipinski definition) is 2. The number of carbonyl (C=O) groups excluding carboxylic acids is 1. The lowest BCUT2D eigenvalue weighted by Gasteiger charge is -2.06. The van der Waals surface area contributed by atoms with Gasteiger partial charge in [0.25, 0.3) is 0 Å². The summed E-state index contributed by atoms with van der Waals surface area (Å²) in [4.78, 5) is 11.9. The molecule has 0 aliphatic rings. The zero-order valence-electron chi connectivity index (χ0n) is 23.8. The number of carbonyl (C=O) groups is 1. The van der Waals surface area contributed by atoms with Gasteiger partial charge in [0.05, 0.1) is 6.61 Å². The minimum atomic E-state index is 0.0254. The van der Waals surface area contributed by atoms with E-state index in [2.05, 4.69) is 13.8 Å². The summed E-state index contributed by atoms with van der Waals surface area (Å²) in [5.74, 6) is 0.0254. The standard InChI is InChI=1S/C32H64O2/c1-3-5-7-9-11-13-15-16-17-18-19-20-22-24-26-28-30-32(33)34-31-29-27-25-23-21-14-12-10-8-6-4-2/h3-31H2,1-2H3. The fourth-order valence-corrected chi connectivity index (χ4v) is 4.84. The molecule has 0 unspecified atom stereocenters. The third-order valence-electron chi connectivity index (χ3n) is 7.25. The van der Waals surface area contributed by atoms with Crippen LogP contribution in [0.15, 0.2) is 0 Å². The van der Waals surface area contributed by atoms with Crippen LogP contribution in [0.5, 0.6) is 0 Å². The van der Waals surface area contributed by atoms with Gasteiger partial charge >= 0.3 is 5.97 Å². The first-order valence-corrected chi connectivity index (χ1v) is 16.0. The normalized spacial score (nSPS) is 11.2. The van der Waals surface area contributed by atoms with Gasteiger partial charge in [-0.1, -0.05) is 174 Å². The summed E-state index contributed by atoms with van der Waals surface area (Å²) in [7, 11) is 0. The van der Waals surface area contributed by atoms with Gasteiger partial charge in [-0.15, -0.1) is 0 Å². The number of unbranched alkanes of at least 4 members (excludes halogenated alkanes) is 25. The molecule has 0 radical (unpaired) electrons. The Hall–Kier alpha value is -0.530. The van der Waals surface area contributed by atoms with E-state index in [0.29, 0.717) is 13.0 Å². The van der Waals surface area contributed by atoms with Gasteiger partial charge in [-0.3, -0.25) is 4.79 Å². The molecular formula is C32H64O2. The van der Waals surface area contributed by atoms with Crippen LogP contribution < -0.4 is 0 Å². The van der Waals surface area contributed by atoms with E-state index in [1.807, 2.05) is 0 Å². The highest BCUT2D eigenvalue weighted by Gasteiger charge is 2.02. The summed E-state index contributed by atoms with van der Waals surface area (Å²) in [6, 6.07) is 0. The summed E-state index contributed by atoms with van der Waals surface area (Å²) < 4.78 is 5.41. The summed E-state index contributed by atoms with van der Waals surface area (Å²) in [5, 5.41) is 0. The highest BCUT2D eigenvalue weighted by Crippen LogP contribution is 2.14. The molecule has 0 aliphatic carbocycles. The minimum Gasteiger partial charge on any atom is -0.466 e. The van der Waals surface area contributed by atoms with Crippen molar-refractivity contribution in [3.05, 3.63) is 0 Å². The largest absolute Gasteiger partial charge is 0.466 e. The molecule has 0 bridgehead atoms. The molecule has 0 aliphatic heterocycles. The van der Waals surface area contributed by atoms with Gasteiger partial charge in [-0.2, -0.15) is 0 Å². The molecule has 34 heavy (non-hydrogen) atoms. The van der Waals surface area contributed by atoms with Crippen molar-refractivity contribution in [1.29, 1.82) is 0 Å². The third kappa shape index (κ3) is 29.5. The van der Waals surface area contributed by atoms with Crippen LogP contribution in [0.2, 0.25) is 0 Å². The van der Waals surface area contributed by atoms with Crippen LogP contribution in [-0.2, 0) is 9.53 Å². The predicted molar refractivity (Wildman–Crippen MR) is 152 cm³/mol. The lowest BCUT2D eigenvalue weighted by Crippen LogP contribution is -2.05. The first kappa shape index (κ1) is 33.5. The van der Waals surface area contributed by atoms with E-state index < -0.39 is 0 Å².